The fourth-order valence-electron chi connectivity index (χ4n) is 5.35. The molecular weight excluding hydrogens is 555 g/mol. The number of aromatic amines is 1. The van der Waals surface area contributed by atoms with Crippen molar-refractivity contribution in [2.45, 2.75) is 91.6 Å². The summed E-state index contributed by atoms with van der Waals surface area (Å²) in [6, 6.07) is 0. The Kier molecular flexibility index (Phi) is 14.4. The molecule has 1 saturated heterocycles. The number of phosphoric ester groups is 1. The van der Waals surface area contributed by atoms with Crippen LogP contribution in [0.15, 0.2) is 15.8 Å². The van der Waals surface area contributed by atoms with Crippen LogP contribution in [0.3, 0.4) is 0 Å². The standard InChI is InChI=1S/C27H49N4O9P/c1-6-29(7-2)15-11-13-17-31(8-3,9-4)16-12-10-14-25(32)40-22-18-24(39-23(22)20-38-41(35,36)37)30-19-21(5)26(33)28-27(30)34/h19,22-24H,6-18,20H2,1-5H3,(H2-,28,33,34,35,36,37). The Morgan fingerprint density at radius 2 is 1.80 bits per heavy atom. The first-order valence-corrected chi connectivity index (χ1v) is 16.3. The van der Waals surface area contributed by atoms with Crippen molar-refractivity contribution in [3.63, 3.8) is 0 Å². The Hall–Kier alpha value is -1.86. The monoisotopic (exact) mass is 604 g/mol. The van der Waals surface area contributed by atoms with E-state index in [9.17, 15) is 23.8 Å². The molecule has 41 heavy (non-hydrogen) atoms. The number of hydrogen-bond acceptors (Lipinski definition) is 9. The maximum absolute atomic E-state index is 12.7. The molecule has 0 radical (unpaired) electrons. The second-order valence-corrected chi connectivity index (χ2v) is 11.9. The molecule has 1 aromatic rings. The molecule has 4 unspecified atom stereocenters. The van der Waals surface area contributed by atoms with E-state index >= 15 is 0 Å². The fraction of sp³-hybridized carbons (Fsp3) is 0.815. The lowest BCUT2D eigenvalue weighted by molar-refractivity contribution is -0.925. The molecule has 1 aromatic heterocycles. The lowest BCUT2D eigenvalue weighted by Gasteiger charge is -2.37. The van der Waals surface area contributed by atoms with Gasteiger partial charge >= 0.3 is 11.7 Å². The zero-order chi connectivity index (χ0) is 30.6. The lowest BCUT2D eigenvalue weighted by Crippen LogP contribution is -2.49. The highest BCUT2D eigenvalue weighted by atomic mass is 31.2. The molecule has 13 nitrogen and oxygen atoms in total. The number of hydrogen-bond donors (Lipinski definition) is 2. The Labute approximate surface area is 242 Å². The van der Waals surface area contributed by atoms with Gasteiger partial charge in [-0.1, -0.05) is 13.8 Å². The molecule has 14 heteroatoms. The number of quaternary nitrogens is 1. The van der Waals surface area contributed by atoms with Crippen LogP contribution in [0.5, 0.6) is 0 Å². The second kappa shape index (κ2) is 16.7. The summed E-state index contributed by atoms with van der Waals surface area (Å²) in [5, 5.41) is 0. The van der Waals surface area contributed by atoms with Gasteiger partial charge in [0.1, 0.15) is 18.4 Å². The SMILES string of the molecule is CCN(CC)CCCC[N+](CC)(CC)CCCCC(=O)OC1CC(n2cc(C)c(=O)[nH]c2=O)OC1COP(=O)([O-])O. The van der Waals surface area contributed by atoms with Crippen LogP contribution in [-0.4, -0.2) is 94.4 Å². The number of carbonyl (C=O) groups excluding carboxylic acids is 1. The first-order chi connectivity index (χ1) is 19.4. The average molecular weight is 605 g/mol. The number of aryl methyl sites for hydroxylation is 1. The largest absolute Gasteiger partial charge is 0.756 e. The van der Waals surface area contributed by atoms with E-state index in [4.69, 9.17) is 14.4 Å². The third-order valence-electron chi connectivity index (χ3n) is 8.18. The molecular formula is C27H49N4O9P. The number of aromatic nitrogens is 2. The van der Waals surface area contributed by atoms with Crippen LogP contribution < -0.4 is 16.1 Å². The summed E-state index contributed by atoms with van der Waals surface area (Å²) in [6.45, 7) is 17.1. The topological polar surface area (TPSA) is 163 Å². The molecule has 0 aliphatic carbocycles. The Morgan fingerprint density at radius 1 is 1.17 bits per heavy atom. The van der Waals surface area contributed by atoms with Crippen molar-refractivity contribution in [1.82, 2.24) is 14.5 Å². The van der Waals surface area contributed by atoms with Crippen LogP contribution in [-0.2, 0) is 23.4 Å². The number of nitrogens with zero attached hydrogens (tertiary/aromatic N) is 3. The zero-order valence-electron chi connectivity index (χ0n) is 25.2. The molecule has 1 aliphatic heterocycles. The summed E-state index contributed by atoms with van der Waals surface area (Å²) >= 11 is 0. The van der Waals surface area contributed by atoms with E-state index in [2.05, 4.69) is 42.1 Å². The third kappa shape index (κ3) is 11.4. The van der Waals surface area contributed by atoms with Crippen molar-refractivity contribution < 1.29 is 37.6 Å². The number of nitrogens with one attached hydrogen (secondary N) is 1. The minimum Gasteiger partial charge on any atom is -0.756 e. The fourth-order valence-corrected chi connectivity index (χ4v) is 5.68. The van der Waals surface area contributed by atoms with Crippen LogP contribution in [0.4, 0.5) is 0 Å². The number of H-pyrrole nitrogens is 1. The summed E-state index contributed by atoms with van der Waals surface area (Å²) in [7, 11) is -5.05. The van der Waals surface area contributed by atoms with E-state index in [-0.39, 0.29) is 18.4 Å². The molecule has 0 saturated carbocycles. The quantitative estimate of drug-likeness (QED) is 0.103. The van der Waals surface area contributed by atoms with Gasteiger partial charge in [-0.15, -0.1) is 0 Å². The van der Waals surface area contributed by atoms with Crippen LogP contribution in [0.1, 0.15) is 78.0 Å². The normalized spacial score (nSPS) is 20.8. The lowest BCUT2D eigenvalue weighted by atomic mass is 10.1. The first-order valence-electron chi connectivity index (χ1n) is 14.8. The van der Waals surface area contributed by atoms with Gasteiger partial charge in [0.05, 0.1) is 32.8 Å². The van der Waals surface area contributed by atoms with Crippen molar-refractivity contribution in [3.8, 4) is 0 Å². The van der Waals surface area contributed by atoms with E-state index in [1.807, 2.05) is 0 Å². The summed E-state index contributed by atoms with van der Waals surface area (Å²) in [5.74, 6) is -0.464. The van der Waals surface area contributed by atoms with Crippen molar-refractivity contribution in [3.05, 3.63) is 32.6 Å². The molecule has 2 rings (SSSR count). The van der Waals surface area contributed by atoms with Gasteiger partial charge in [0.2, 0.25) is 0 Å². The van der Waals surface area contributed by atoms with Crippen molar-refractivity contribution >= 4 is 13.8 Å². The van der Waals surface area contributed by atoms with Gasteiger partial charge in [0, 0.05) is 24.6 Å². The van der Waals surface area contributed by atoms with Gasteiger partial charge in [0.25, 0.3) is 13.4 Å². The summed E-state index contributed by atoms with van der Waals surface area (Å²) in [6.07, 6.45) is 2.50. The first kappa shape index (κ1) is 35.3. The molecule has 2 heterocycles. The smallest absolute Gasteiger partial charge is 0.330 e. The van der Waals surface area contributed by atoms with Crippen molar-refractivity contribution in [2.75, 3.05) is 52.4 Å². The van der Waals surface area contributed by atoms with Crippen LogP contribution in [0.25, 0.3) is 0 Å². The third-order valence-corrected chi connectivity index (χ3v) is 8.65. The number of carbonyl (C=O) groups is 1. The molecule has 2 N–H and O–H groups in total. The average Bonchev–Trinajstić information content (AvgIpc) is 3.32. The second-order valence-electron chi connectivity index (χ2n) is 10.7. The van der Waals surface area contributed by atoms with Crippen LogP contribution in [0.2, 0.25) is 0 Å². The van der Waals surface area contributed by atoms with Crippen molar-refractivity contribution in [2.24, 2.45) is 0 Å². The van der Waals surface area contributed by atoms with Crippen LogP contribution in [0, 0.1) is 6.92 Å². The maximum Gasteiger partial charge on any atom is 0.330 e. The highest BCUT2D eigenvalue weighted by Crippen LogP contribution is 2.35. The van der Waals surface area contributed by atoms with E-state index in [0.717, 1.165) is 67.7 Å². The molecule has 1 fully saturated rings. The van der Waals surface area contributed by atoms with Gasteiger partial charge in [0.15, 0.2) is 0 Å². The Balaban J connectivity index is 1.92. The zero-order valence-corrected chi connectivity index (χ0v) is 26.1. The minimum atomic E-state index is -5.05. The van der Waals surface area contributed by atoms with E-state index in [1.165, 1.54) is 19.5 Å². The van der Waals surface area contributed by atoms with Gasteiger partial charge in [-0.25, -0.2) is 4.79 Å². The minimum absolute atomic E-state index is 0.0406. The Bertz CT molecular complexity index is 1110. The molecule has 236 valence electrons. The highest BCUT2D eigenvalue weighted by molar-refractivity contribution is 7.44. The van der Waals surface area contributed by atoms with Crippen molar-refractivity contribution in [1.29, 1.82) is 0 Å². The Morgan fingerprint density at radius 3 is 2.39 bits per heavy atom. The highest BCUT2D eigenvalue weighted by Gasteiger charge is 2.40. The summed E-state index contributed by atoms with van der Waals surface area (Å²) in [4.78, 5) is 61.6. The van der Waals surface area contributed by atoms with E-state index in [0.29, 0.717) is 6.42 Å². The van der Waals surface area contributed by atoms with Gasteiger partial charge in [-0.05, 0) is 66.1 Å². The van der Waals surface area contributed by atoms with E-state index in [1.54, 1.807) is 0 Å². The van der Waals surface area contributed by atoms with Gasteiger partial charge in [-0.3, -0.25) is 23.7 Å². The summed E-state index contributed by atoms with van der Waals surface area (Å²) in [5.41, 5.74) is -0.970. The number of rotatable bonds is 19. The molecule has 4 atom stereocenters. The van der Waals surface area contributed by atoms with Crippen LogP contribution >= 0.6 is 7.82 Å². The molecule has 1 aliphatic rings. The van der Waals surface area contributed by atoms with Gasteiger partial charge in [-0.2, -0.15) is 0 Å². The van der Waals surface area contributed by atoms with E-state index < -0.39 is 50.1 Å². The molecule has 0 aromatic carbocycles. The number of unbranched alkanes of at least 4 members (excludes halogenated alkanes) is 2. The molecule has 0 spiro atoms. The maximum atomic E-state index is 12.7. The summed E-state index contributed by atoms with van der Waals surface area (Å²) < 4.78 is 29.2. The molecule has 0 amide bonds. The predicted molar refractivity (Wildman–Crippen MR) is 152 cm³/mol. The number of phosphoric acid groups is 1. The molecule has 0 bridgehead atoms. The van der Waals surface area contributed by atoms with Gasteiger partial charge < -0.3 is 33.2 Å². The number of ether oxygens (including phenoxy) is 2. The predicted octanol–water partition coefficient (Wildman–Crippen LogP) is 1.67. The number of esters is 1.